The molecule has 1 fully saturated rings. The van der Waals surface area contributed by atoms with Gasteiger partial charge in [0.1, 0.15) is 5.78 Å². The topological polar surface area (TPSA) is 54.5 Å². The molecule has 1 heterocycles. The van der Waals surface area contributed by atoms with Crippen molar-refractivity contribution >= 4 is 15.8 Å². The largest absolute Gasteiger partial charge is 0.300 e. The van der Waals surface area contributed by atoms with Crippen LogP contribution in [0.5, 0.6) is 0 Å². The lowest BCUT2D eigenvalue weighted by Crippen LogP contribution is -2.39. The third kappa shape index (κ3) is 2.04. The fraction of sp³-hybridized carbons (Fsp3) is 0.857. The molecule has 1 rings (SSSR count). The van der Waals surface area contributed by atoms with Crippen molar-refractivity contribution < 1.29 is 13.2 Å². The summed E-state index contributed by atoms with van der Waals surface area (Å²) in [5.74, 6) is 0.291. The Morgan fingerprint density at radius 1 is 1.33 bits per heavy atom. The molecule has 0 aromatic rings. The quantitative estimate of drug-likeness (QED) is 0.617. The zero-order chi connectivity index (χ0) is 9.19. The fourth-order valence-electron chi connectivity index (χ4n) is 1.20. The van der Waals surface area contributed by atoms with Gasteiger partial charge in [0.15, 0.2) is 0 Å². The van der Waals surface area contributed by atoms with Crippen molar-refractivity contribution in [3.63, 3.8) is 0 Å². The lowest BCUT2D eigenvalue weighted by Gasteiger charge is -2.24. The number of piperidine rings is 1. The van der Waals surface area contributed by atoms with Crippen LogP contribution in [-0.4, -0.2) is 37.3 Å². The summed E-state index contributed by atoms with van der Waals surface area (Å²) in [6, 6.07) is 0. The molecule has 0 spiro atoms. The predicted molar refractivity (Wildman–Crippen MR) is 45.3 cm³/mol. The van der Waals surface area contributed by atoms with Crippen LogP contribution in [0.3, 0.4) is 0 Å². The van der Waals surface area contributed by atoms with Crippen molar-refractivity contribution in [2.45, 2.75) is 19.8 Å². The predicted octanol–water partition coefficient (Wildman–Crippen LogP) is 0.00100. The molecular formula is C7H13NO3S. The minimum atomic E-state index is -3.06. The molecule has 0 atom stereocenters. The van der Waals surface area contributed by atoms with E-state index in [1.165, 1.54) is 4.31 Å². The van der Waals surface area contributed by atoms with Crippen LogP contribution in [0, 0.1) is 0 Å². The zero-order valence-corrected chi connectivity index (χ0v) is 7.93. The summed E-state index contributed by atoms with van der Waals surface area (Å²) in [5.41, 5.74) is 0. The molecule has 0 radical (unpaired) electrons. The van der Waals surface area contributed by atoms with Gasteiger partial charge in [-0.2, -0.15) is 0 Å². The molecule has 0 aromatic carbocycles. The minimum Gasteiger partial charge on any atom is -0.300 e. The molecule has 70 valence electrons. The van der Waals surface area contributed by atoms with Gasteiger partial charge in [-0.1, -0.05) is 0 Å². The second-order valence-electron chi connectivity index (χ2n) is 2.84. The van der Waals surface area contributed by atoms with E-state index in [0.717, 1.165) is 0 Å². The zero-order valence-electron chi connectivity index (χ0n) is 7.12. The number of sulfonamides is 1. The molecule has 1 aliphatic heterocycles. The van der Waals surface area contributed by atoms with Crippen LogP contribution < -0.4 is 0 Å². The van der Waals surface area contributed by atoms with Crippen LogP contribution in [0.15, 0.2) is 0 Å². The van der Waals surface area contributed by atoms with E-state index in [0.29, 0.717) is 25.9 Å². The van der Waals surface area contributed by atoms with Crippen molar-refractivity contribution in [2.24, 2.45) is 0 Å². The lowest BCUT2D eigenvalue weighted by molar-refractivity contribution is -0.120. The number of hydrogen-bond acceptors (Lipinski definition) is 3. The van der Waals surface area contributed by atoms with Gasteiger partial charge in [0.2, 0.25) is 10.0 Å². The van der Waals surface area contributed by atoms with Crippen molar-refractivity contribution in [1.82, 2.24) is 4.31 Å². The van der Waals surface area contributed by atoms with E-state index in [-0.39, 0.29) is 11.5 Å². The first-order valence-electron chi connectivity index (χ1n) is 4.06. The van der Waals surface area contributed by atoms with E-state index in [1.54, 1.807) is 6.92 Å². The summed E-state index contributed by atoms with van der Waals surface area (Å²) >= 11 is 0. The van der Waals surface area contributed by atoms with Gasteiger partial charge >= 0.3 is 0 Å². The van der Waals surface area contributed by atoms with Gasteiger partial charge in [-0.05, 0) is 6.92 Å². The first-order chi connectivity index (χ1) is 5.56. The first-order valence-corrected chi connectivity index (χ1v) is 5.66. The lowest BCUT2D eigenvalue weighted by atomic mass is 10.1. The van der Waals surface area contributed by atoms with E-state index < -0.39 is 10.0 Å². The summed E-state index contributed by atoms with van der Waals surface area (Å²) in [4.78, 5) is 10.8. The first kappa shape index (κ1) is 9.67. The molecule has 0 N–H and O–H groups in total. The molecule has 1 aliphatic rings. The maximum absolute atomic E-state index is 11.3. The van der Waals surface area contributed by atoms with Crippen molar-refractivity contribution in [1.29, 1.82) is 0 Å². The summed E-state index contributed by atoms with van der Waals surface area (Å²) in [6.45, 7) is 2.36. The van der Waals surface area contributed by atoms with Crippen LogP contribution in [0.2, 0.25) is 0 Å². The van der Waals surface area contributed by atoms with Crippen LogP contribution in [-0.2, 0) is 14.8 Å². The Kier molecular flexibility index (Phi) is 2.85. The Labute approximate surface area is 72.6 Å². The number of hydrogen-bond donors (Lipinski definition) is 0. The summed E-state index contributed by atoms with van der Waals surface area (Å²) in [6.07, 6.45) is 0.748. The molecule has 12 heavy (non-hydrogen) atoms. The van der Waals surface area contributed by atoms with Gasteiger partial charge in [-0.15, -0.1) is 0 Å². The molecule has 0 saturated carbocycles. The van der Waals surface area contributed by atoms with Crippen LogP contribution in [0.25, 0.3) is 0 Å². The molecule has 0 aliphatic carbocycles. The molecule has 4 nitrogen and oxygen atoms in total. The molecule has 0 amide bonds. The maximum Gasteiger partial charge on any atom is 0.213 e. The average Bonchev–Trinajstić information content (AvgIpc) is 2.05. The Hall–Kier alpha value is -0.420. The molecule has 1 saturated heterocycles. The van der Waals surface area contributed by atoms with Crippen LogP contribution >= 0.6 is 0 Å². The van der Waals surface area contributed by atoms with Gasteiger partial charge in [0, 0.05) is 25.9 Å². The van der Waals surface area contributed by atoms with Gasteiger partial charge in [0.05, 0.1) is 5.75 Å². The number of ketones is 1. The Balaban J connectivity index is 2.62. The summed E-state index contributed by atoms with van der Waals surface area (Å²) in [7, 11) is -3.06. The normalized spacial score (nSPS) is 21.2. The summed E-state index contributed by atoms with van der Waals surface area (Å²) < 4.78 is 23.9. The number of nitrogens with zero attached hydrogens (tertiary/aromatic N) is 1. The van der Waals surface area contributed by atoms with Crippen molar-refractivity contribution in [3.8, 4) is 0 Å². The Morgan fingerprint density at radius 2 is 1.83 bits per heavy atom. The van der Waals surface area contributed by atoms with E-state index in [9.17, 15) is 13.2 Å². The van der Waals surface area contributed by atoms with Crippen LogP contribution in [0.4, 0.5) is 0 Å². The minimum absolute atomic E-state index is 0.126. The third-order valence-electron chi connectivity index (χ3n) is 2.04. The van der Waals surface area contributed by atoms with Crippen molar-refractivity contribution in [3.05, 3.63) is 0 Å². The SMILES string of the molecule is CCS(=O)(=O)N1CCC(=O)CC1. The van der Waals surface area contributed by atoms with E-state index >= 15 is 0 Å². The molecule has 0 unspecified atom stereocenters. The maximum atomic E-state index is 11.3. The number of carbonyl (C=O) groups excluding carboxylic acids is 1. The standard InChI is InChI=1S/C7H13NO3S/c1-2-12(10,11)8-5-3-7(9)4-6-8/h2-6H2,1H3. The molecule has 0 aromatic heterocycles. The van der Waals surface area contributed by atoms with E-state index in [1.807, 2.05) is 0 Å². The highest BCUT2D eigenvalue weighted by Gasteiger charge is 2.24. The second-order valence-corrected chi connectivity index (χ2v) is 5.10. The second kappa shape index (κ2) is 3.53. The van der Waals surface area contributed by atoms with E-state index in [4.69, 9.17) is 0 Å². The molecule has 0 bridgehead atoms. The Bertz CT molecular complexity index is 260. The van der Waals surface area contributed by atoms with Crippen molar-refractivity contribution in [2.75, 3.05) is 18.8 Å². The van der Waals surface area contributed by atoms with E-state index in [2.05, 4.69) is 0 Å². The number of carbonyl (C=O) groups is 1. The van der Waals surface area contributed by atoms with Gasteiger partial charge < -0.3 is 0 Å². The Morgan fingerprint density at radius 3 is 2.25 bits per heavy atom. The monoisotopic (exact) mass is 191 g/mol. The van der Waals surface area contributed by atoms with Gasteiger partial charge in [-0.3, -0.25) is 4.79 Å². The third-order valence-corrected chi connectivity index (χ3v) is 3.92. The highest BCUT2D eigenvalue weighted by Crippen LogP contribution is 2.10. The number of Topliss-reactive ketones (excluding diaryl/α,β-unsaturated/α-hetero) is 1. The molecule has 5 heteroatoms. The molecular weight excluding hydrogens is 178 g/mol. The highest BCUT2D eigenvalue weighted by atomic mass is 32.2. The smallest absolute Gasteiger partial charge is 0.213 e. The average molecular weight is 191 g/mol. The fourth-order valence-corrected chi connectivity index (χ4v) is 2.30. The summed E-state index contributed by atoms with van der Waals surface area (Å²) in [5, 5.41) is 0. The highest BCUT2D eigenvalue weighted by molar-refractivity contribution is 7.89. The van der Waals surface area contributed by atoms with Gasteiger partial charge in [-0.25, -0.2) is 12.7 Å². The van der Waals surface area contributed by atoms with Crippen LogP contribution in [0.1, 0.15) is 19.8 Å². The number of rotatable bonds is 2. The van der Waals surface area contributed by atoms with Gasteiger partial charge in [0.25, 0.3) is 0 Å².